The first kappa shape index (κ1) is 26.4. The third-order valence-electron chi connectivity index (χ3n) is 11.7. The second kappa shape index (κ2) is 10.0. The van der Waals surface area contributed by atoms with Crippen molar-refractivity contribution in [1.29, 1.82) is 0 Å². The highest BCUT2D eigenvalue weighted by molar-refractivity contribution is 5.69. The molecule has 5 nitrogen and oxygen atoms in total. The van der Waals surface area contributed by atoms with E-state index in [0.717, 1.165) is 32.1 Å². The summed E-state index contributed by atoms with van der Waals surface area (Å²) in [5.74, 6) is 2.78. The third kappa shape index (κ3) is 4.16. The van der Waals surface area contributed by atoms with Crippen LogP contribution in [0.2, 0.25) is 0 Å². The molecule has 4 fully saturated rings. The van der Waals surface area contributed by atoms with Gasteiger partial charge in [-0.3, -0.25) is 4.79 Å². The first-order valence-electron chi connectivity index (χ1n) is 14.2. The Bertz CT molecular complexity index is 725. The van der Waals surface area contributed by atoms with Gasteiger partial charge < -0.3 is 20.1 Å². The van der Waals surface area contributed by atoms with Crippen molar-refractivity contribution in [2.75, 3.05) is 13.2 Å². The van der Waals surface area contributed by atoms with E-state index in [1.807, 2.05) is 6.92 Å². The van der Waals surface area contributed by atoms with Crippen LogP contribution in [-0.2, 0) is 9.53 Å². The zero-order chi connectivity index (χ0) is 24.8. The lowest BCUT2D eigenvalue weighted by Crippen LogP contribution is -2.63. The second-order valence-corrected chi connectivity index (χ2v) is 13.0. The summed E-state index contributed by atoms with van der Waals surface area (Å²) in [5, 5.41) is 32.6. The van der Waals surface area contributed by atoms with Crippen LogP contribution in [0.5, 0.6) is 0 Å². The lowest BCUT2D eigenvalue weighted by Gasteiger charge is -2.65. The second-order valence-electron chi connectivity index (χ2n) is 13.0. The largest absolute Gasteiger partial charge is 0.466 e. The number of aliphatic hydroxyl groups is 3. The molecular formula is C29H50O5. The molecule has 0 amide bonds. The summed E-state index contributed by atoms with van der Waals surface area (Å²) in [4.78, 5) is 12.0. The van der Waals surface area contributed by atoms with Crippen LogP contribution >= 0.6 is 0 Å². The van der Waals surface area contributed by atoms with Crippen molar-refractivity contribution in [2.24, 2.45) is 58.2 Å². The summed E-state index contributed by atoms with van der Waals surface area (Å²) in [5.41, 5.74) is 0.286. The highest BCUT2D eigenvalue weighted by atomic mass is 16.5. The van der Waals surface area contributed by atoms with E-state index in [1.165, 1.54) is 19.3 Å². The van der Waals surface area contributed by atoms with Crippen molar-refractivity contribution in [3.8, 4) is 0 Å². The van der Waals surface area contributed by atoms with Gasteiger partial charge in [-0.1, -0.05) is 34.1 Å². The van der Waals surface area contributed by atoms with Gasteiger partial charge in [0.1, 0.15) is 0 Å². The third-order valence-corrected chi connectivity index (χ3v) is 11.7. The number of hydrogen-bond acceptors (Lipinski definition) is 5. The van der Waals surface area contributed by atoms with E-state index in [0.29, 0.717) is 48.5 Å². The molecule has 0 aliphatic heterocycles. The molecule has 196 valence electrons. The van der Waals surface area contributed by atoms with Crippen LogP contribution in [0, 0.1) is 58.2 Å². The lowest BCUT2D eigenvalue weighted by molar-refractivity contribution is -0.214. The molecule has 0 aromatic heterocycles. The van der Waals surface area contributed by atoms with E-state index in [4.69, 9.17) is 4.74 Å². The van der Waals surface area contributed by atoms with Crippen molar-refractivity contribution >= 4 is 5.97 Å². The van der Waals surface area contributed by atoms with Gasteiger partial charge in [-0.25, -0.2) is 0 Å². The Labute approximate surface area is 207 Å². The zero-order valence-corrected chi connectivity index (χ0v) is 22.2. The maximum atomic E-state index is 12.0. The van der Waals surface area contributed by atoms with Gasteiger partial charge in [0.15, 0.2) is 0 Å². The predicted octanol–water partition coefficient (Wildman–Crippen LogP) is 4.81. The number of carbonyl (C=O) groups is 1. The van der Waals surface area contributed by atoms with Crippen LogP contribution in [0.4, 0.5) is 0 Å². The van der Waals surface area contributed by atoms with Crippen molar-refractivity contribution in [1.82, 2.24) is 0 Å². The van der Waals surface area contributed by atoms with E-state index in [-0.39, 0.29) is 41.3 Å². The molecule has 0 radical (unpaired) electrons. The standard InChI is InChI=1S/C29H50O5/c1-6-19-23-14-24(31)18(16-30)15-29(23,5)22-12-13-28(4)20(9-10-21(28)26(22)27(19)33)17(3)8-11-25(32)34-7-2/h17-24,26-27,30-31,33H,6-16H2,1-5H3/t17-,18?,19-,20-,21+,22+,23?,24?,26+,27-,28-,29-/m1/s1. The van der Waals surface area contributed by atoms with Gasteiger partial charge in [0.05, 0.1) is 18.8 Å². The molecule has 4 rings (SSSR count). The molecule has 3 N–H and O–H groups in total. The first-order valence-corrected chi connectivity index (χ1v) is 14.2. The molecule has 3 unspecified atom stereocenters. The minimum atomic E-state index is -0.453. The topological polar surface area (TPSA) is 87.0 Å². The van der Waals surface area contributed by atoms with E-state index in [9.17, 15) is 20.1 Å². The Morgan fingerprint density at radius 2 is 1.76 bits per heavy atom. The summed E-state index contributed by atoms with van der Waals surface area (Å²) in [6.07, 6.45) is 7.86. The van der Waals surface area contributed by atoms with E-state index >= 15 is 0 Å². The summed E-state index contributed by atoms with van der Waals surface area (Å²) in [7, 11) is 0. The quantitative estimate of drug-likeness (QED) is 0.457. The zero-order valence-electron chi connectivity index (χ0n) is 22.2. The van der Waals surface area contributed by atoms with Crippen LogP contribution in [0.15, 0.2) is 0 Å². The Kier molecular flexibility index (Phi) is 7.78. The molecule has 12 atom stereocenters. The summed E-state index contributed by atoms with van der Waals surface area (Å²) in [6.45, 7) is 11.8. The van der Waals surface area contributed by atoms with Gasteiger partial charge in [0.25, 0.3) is 0 Å². The molecule has 0 bridgehead atoms. The molecule has 0 spiro atoms. The summed E-state index contributed by atoms with van der Waals surface area (Å²) >= 11 is 0. The monoisotopic (exact) mass is 478 g/mol. The van der Waals surface area contributed by atoms with Crippen LogP contribution in [-0.4, -0.2) is 46.7 Å². The number of carbonyl (C=O) groups excluding carboxylic acids is 1. The minimum Gasteiger partial charge on any atom is -0.466 e. The molecule has 34 heavy (non-hydrogen) atoms. The number of esters is 1. The summed E-state index contributed by atoms with van der Waals surface area (Å²) < 4.78 is 5.17. The van der Waals surface area contributed by atoms with Gasteiger partial charge in [-0.2, -0.15) is 0 Å². The van der Waals surface area contributed by atoms with Crippen molar-refractivity contribution < 1.29 is 24.9 Å². The maximum Gasteiger partial charge on any atom is 0.305 e. The smallest absolute Gasteiger partial charge is 0.305 e. The fraction of sp³-hybridized carbons (Fsp3) is 0.966. The predicted molar refractivity (Wildman–Crippen MR) is 133 cm³/mol. The number of aliphatic hydroxyl groups excluding tert-OH is 3. The van der Waals surface area contributed by atoms with E-state index in [1.54, 1.807) is 0 Å². The minimum absolute atomic E-state index is 0.0396. The van der Waals surface area contributed by atoms with Crippen LogP contribution in [0.3, 0.4) is 0 Å². The van der Waals surface area contributed by atoms with Crippen LogP contribution < -0.4 is 0 Å². The molecular weight excluding hydrogens is 428 g/mol. The summed E-state index contributed by atoms with van der Waals surface area (Å²) in [6, 6.07) is 0. The Morgan fingerprint density at radius 3 is 2.41 bits per heavy atom. The van der Waals surface area contributed by atoms with Crippen molar-refractivity contribution in [2.45, 2.75) is 105 Å². The van der Waals surface area contributed by atoms with E-state index < -0.39 is 6.10 Å². The fourth-order valence-corrected chi connectivity index (χ4v) is 10.1. The van der Waals surface area contributed by atoms with Gasteiger partial charge in [-0.05, 0) is 104 Å². The van der Waals surface area contributed by atoms with Crippen molar-refractivity contribution in [3.63, 3.8) is 0 Å². The molecule has 4 saturated carbocycles. The van der Waals surface area contributed by atoms with Gasteiger partial charge >= 0.3 is 5.97 Å². The SMILES string of the molecule is CCOC(=O)CC[C@@H](C)[C@H]1CC[C@H]2[C@@H]3[C@H](O)[C@H](CC)C4CC(O)C(CO)C[C@]4(C)[C@H]3CC[C@]12C. The Balaban J connectivity index is 1.58. The highest BCUT2D eigenvalue weighted by Crippen LogP contribution is 2.69. The molecule has 0 aromatic carbocycles. The van der Waals surface area contributed by atoms with Crippen LogP contribution in [0.25, 0.3) is 0 Å². The number of rotatable bonds is 7. The normalized spacial score (nSPS) is 49.0. The molecule has 0 aromatic rings. The molecule has 4 aliphatic rings. The first-order chi connectivity index (χ1) is 16.1. The maximum absolute atomic E-state index is 12.0. The molecule has 0 saturated heterocycles. The van der Waals surface area contributed by atoms with Crippen LogP contribution in [0.1, 0.15) is 92.4 Å². The van der Waals surface area contributed by atoms with E-state index in [2.05, 4.69) is 27.7 Å². The average molecular weight is 479 g/mol. The van der Waals surface area contributed by atoms with Gasteiger partial charge in [-0.15, -0.1) is 0 Å². The molecule has 0 heterocycles. The number of ether oxygens (including phenoxy) is 1. The molecule has 4 aliphatic carbocycles. The fourth-order valence-electron chi connectivity index (χ4n) is 10.1. The highest BCUT2D eigenvalue weighted by Gasteiger charge is 2.65. The van der Waals surface area contributed by atoms with Crippen molar-refractivity contribution in [3.05, 3.63) is 0 Å². The Hall–Kier alpha value is -0.650. The molecule has 5 heteroatoms. The average Bonchev–Trinajstić information content (AvgIpc) is 3.16. The lowest BCUT2D eigenvalue weighted by atomic mass is 9.40. The van der Waals surface area contributed by atoms with Gasteiger partial charge in [0, 0.05) is 18.9 Å². The number of hydrogen-bond donors (Lipinski definition) is 3. The number of fused-ring (bicyclic) bond motifs is 5. The van der Waals surface area contributed by atoms with Gasteiger partial charge in [0.2, 0.25) is 0 Å². The Morgan fingerprint density at radius 1 is 1.06 bits per heavy atom.